The van der Waals surface area contributed by atoms with Gasteiger partial charge >= 0.3 is 0 Å². The number of nitrogens with zero attached hydrogens (tertiary/aromatic N) is 1. The predicted octanol–water partition coefficient (Wildman–Crippen LogP) is 3.41. The van der Waals surface area contributed by atoms with Crippen molar-refractivity contribution in [3.05, 3.63) is 71.3 Å². The van der Waals surface area contributed by atoms with E-state index in [-0.39, 0.29) is 42.7 Å². The van der Waals surface area contributed by atoms with Gasteiger partial charge in [-0.3, -0.25) is 9.59 Å². The second kappa shape index (κ2) is 11.0. The number of amides is 2. The van der Waals surface area contributed by atoms with Gasteiger partial charge in [0.25, 0.3) is 0 Å². The third-order valence-corrected chi connectivity index (χ3v) is 5.29. The average molecular weight is 416 g/mol. The molecule has 3 rings (SSSR count). The van der Waals surface area contributed by atoms with Crippen LogP contribution in [-0.2, 0) is 16.0 Å². The zero-order valence-corrected chi connectivity index (χ0v) is 17.9. The van der Waals surface area contributed by atoms with Gasteiger partial charge in [-0.2, -0.15) is 0 Å². The summed E-state index contributed by atoms with van der Waals surface area (Å²) < 4.78 is 0. The van der Waals surface area contributed by atoms with Crippen molar-refractivity contribution in [2.24, 2.45) is 0 Å². The van der Waals surface area contributed by atoms with Crippen molar-refractivity contribution in [2.75, 3.05) is 19.6 Å². The third kappa shape index (κ3) is 6.05. The van der Waals surface area contributed by atoms with E-state index in [1.54, 1.807) is 0 Å². The van der Waals surface area contributed by atoms with Crippen LogP contribution in [0.2, 0.25) is 0 Å². The smallest absolute Gasteiger partial charge is 0.225 e. The number of carbonyl (C=O) groups excluding carboxylic acids is 2. The summed E-state index contributed by atoms with van der Waals surface area (Å²) in [5.74, 6) is -0.0673. The fourth-order valence-corrected chi connectivity index (χ4v) is 3.75. The van der Waals surface area contributed by atoms with Crippen molar-refractivity contribution in [2.45, 2.75) is 38.8 Å². The largest absolute Gasteiger partial charge is 0.349 e. The minimum Gasteiger partial charge on any atom is -0.349 e. The lowest BCUT2D eigenvalue weighted by atomic mass is 9.98. The molecule has 2 unspecified atom stereocenters. The van der Waals surface area contributed by atoms with Crippen LogP contribution in [0.1, 0.15) is 49.0 Å². The molecule has 29 heavy (non-hydrogen) atoms. The number of aryl methyl sites for hydroxylation is 1. The van der Waals surface area contributed by atoms with Crippen LogP contribution in [-0.4, -0.2) is 36.3 Å². The highest BCUT2D eigenvalue weighted by atomic mass is 35.5. The first-order chi connectivity index (χ1) is 13.6. The number of piperazine rings is 1. The molecule has 156 valence electrons. The quantitative estimate of drug-likeness (QED) is 0.760. The zero-order valence-electron chi connectivity index (χ0n) is 17.1. The first-order valence-electron chi connectivity index (χ1n) is 9.99. The normalized spacial score (nSPS) is 17.2. The van der Waals surface area contributed by atoms with E-state index in [9.17, 15) is 9.59 Å². The molecular formula is C23H30ClN3O2. The van der Waals surface area contributed by atoms with Gasteiger partial charge in [-0.15, -0.1) is 12.4 Å². The van der Waals surface area contributed by atoms with Gasteiger partial charge in [0, 0.05) is 26.6 Å². The number of hydrogen-bond donors (Lipinski definition) is 2. The van der Waals surface area contributed by atoms with Gasteiger partial charge < -0.3 is 15.5 Å². The molecule has 2 aromatic rings. The van der Waals surface area contributed by atoms with Crippen LogP contribution >= 0.6 is 12.4 Å². The van der Waals surface area contributed by atoms with Crippen LogP contribution < -0.4 is 10.6 Å². The maximum absolute atomic E-state index is 13.2. The second-order valence-electron chi connectivity index (χ2n) is 7.27. The first kappa shape index (κ1) is 22.9. The van der Waals surface area contributed by atoms with Gasteiger partial charge in [0.1, 0.15) is 0 Å². The lowest BCUT2D eigenvalue weighted by Crippen LogP contribution is -2.49. The van der Waals surface area contributed by atoms with Crippen molar-refractivity contribution >= 4 is 24.2 Å². The Morgan fingerprint density at radius 1 is 1.14 bits per heavy atom. The van der Waals surface area contributed by atoms with E-state index in [0.29, 0.717) is 6.54 Å². The maximum Gasteiger partial charge on any atom is 0.225 e. The van der Waals surface area contributed by atoms with Crippen molar-refractivity contribution in [1.82, 2.24) is 15.5 Å². The first-order valence-corrected chi connectivity index (χ1v) is 9.99. The van der Waals surface area contributed by atoms with Crippen LogP contribution in [0.25, 0.3) is 0 Å². The molecule has 0 aromatic heterocycles. The van der Waals surface area contributed by atoms with Crippen molar-refractivity contribution in [3.63, 3.8) is 0 Å². The standard InChI is InChI=1S/C23H29N3O2.ClH/c1-3-18-9-11-20(12-10-18)22-16-24-13-14-26(22)23(28)15-21(25-17(2)27)19-7-5-4-6-8-19;/h4-12,21-22,24H,3,13-16H2,1-2H3,(H,25,27);1H. The topological polar surface area (TPSA) is 61.4 Å². The summed E-state index contributed by atoms with van der Waals surface area (Å²) in [5, 5.41) is 6.33. The summed E-state index contributed by atoms with van der Waals surface area (Å²) in [6.07, 6.45) is 1.26. The fourth-order valence-electron chi connectivity index (χ4n) is 3.75. The molecule has 5 nitrogen and oxygen atoms in total. The van der Waals surface area contributed by atoms with E-state index < -0.39 is 0 Å². The van der Waals surface area contributed by atoms with Gasteiger partial charge in [-0.1, -0.05) is 61.5 Å². The average Bonchev–Trinajstić information content (AvgIpc) is 2.73. The molecule has 1 aliphatic rings. The molecule has 2 N–H and O–H groups in total. The van der Waals surface area contributed by atoms with E-state index in [0.717, 1.165) is 30.6 Å². The van der Waals surface area contributed by atoms with Gasteiger partial charge in [-0.05, 0) is 23.1 Å². The van der Waals surface area contributed by atoms with Crippen LogP contribution in [0, 0.1) is 0 Å². The lowest BCUT2D eigenvalue weighted by molar-refractivity contribution is -0.135. The van der Waals surface area contributed by atoms with Crippen molar-refractivity contribution in [3.8, 4) is 0 Å². The van der Waals surface area contributed by atoms with Gasteiger partial charge in [-0.25, -0.2) is 0 Å². The summed E-state index contributed by atoms with van der Waals surface area (Å²) in [6, 6.07) is 17.9. The van der Waals surface area contributed by atoms with E-state index in [4.69, 9.17) is 0 Å². The number of rotatable bonds is 6. The molecule has 2 aromatic carbocycles. The molecule has 2 atom stereocenters. The summed E-state index contributed by atoms with van der Waals surface area (Å²) in [7, 11) is 0. The molecule has 2 amide bonds. The van der Waals surface area contributed by atoms with Crippen LogP contribution in [0.3, 0.4) is 0 Å². The zero-order chi connectivity index (χ0) is 19.9. The van der Waals surface area contributed by atoms with E-state index in [1.807, 2.05) is 35.2 Å². The number of carbonyl (C=O) groups is 2. The molecule has 1 heterocycles. The molecule has 0 aliphatic carbocycles. The summed E-state index contributed by atoms with van der Waals surface area (Å²) >= 11 is 0. The Hall–Kier alpha value is -2.37. The maximum atomic E-state index is 13.2. The summed E-state index contributed by atoms with van der Waals surface area (Å²) in [5.41, 5.74) is 3.39. The Bertz CT molecular complexity index is 796. The molecule has 6 heteroatoms. The molecule has 0 spiro atoms. The predicted molar refractivity (Wildman–Crippen MR) is 118 cm³/mol. The summed E-state index contributed by atoms with van der Waals surface area (Å²) in [6.45, 7) is 5.82. The van der Waals surface area contributed by atoms with Crippen LogP contribution in [0.5, 0.6) is 0 Å². The Labute approximate surface area is 179 Å². The highest BCUT2D eigenvalue weighted by Gasteiger charge is 2.29. The molecule has 1 fully saturated rings. The number of hydrogen-bond acceptors (Lipinski definition) is 3. The van der Waals surface area contributed by atoms with E-state index >= 15 is 0 Å². The molecule has 0 bridgehead atoms. The summed E-state index contributed by atoms with van der Waals surface area (Å²) in [4.78, 5) is 26.9. The second-order valence-corrected chi connectivity index (χ2v) is 7.27. The van der Waals surface area contributed by atoms with Crippen LogP contribution in [0.4, 0.5) is 0 Å². The minimum absolute atomic E-state index is 0. The Balaban J connectivity index is 0.00000300. The van der Waals surface area contributed by atoms with Gasteiger partial charge in [0.05, 0.1) is 18.5 Å². The SMILES string of the molecule is CCc1ccc(C2CNCCN2C(=O)CC(NC(C)=O)c2ccccc2)cc1.Cl. The molecule has 0 radical (unpaired) electrons. The van der Waals surface area contributed by atoms with Crippen molar-refractivity contribution < 1.29 is 9.59 Å². The highest BCUT2D eigenvalue weighted by Crippen LogP contribution is 2.26. The molecular weight excluding hydrogens is 386 g/mol. The number of nitrogens with one attached hydrogen (secondary N) is 2. The van der Waals surface area contributed by atoms with Crippen LogP contribution in [0.15, 0.2) is 54.6 Å². The lowest BCUT2D eigenvalue weighted by Gasteiger charge is -2.37. The van der Waals surface area contributed by atoms with Crippen molar-refractivity contribution in [1.29, 1.82) is 0 Å². The monoisotopic (exact) mass is 415 g/mol. The van der Waals surface area contributed by atoms with Gasteiger partial charge in [0.15, 0.2) is 0 Å². The Kier molecular flexibility index (Phi) is 8.68. The molecule has 1 saturated heterocycles. The molecule has 1 aliphatic heterocycles. The Morgan fingerprint density at radius 2 is 1.83 bits per heavy atom. The third-order valence-electron chi connectivity index (χ3n) is 5.29. The van der Waals surface area contributed by atoms with E-state index in [1.165, 1.54) is 12.5 Å². The Morgan fingerprint density at radius 3 is 2.45 bits per heavy atom. The van der Waals surface area contributed by atoms with Gasteiger partial charge in [0.2, 0.25) is 11.8 Å². The number of halogens is 1. The fraction of sp³-hybridized carbons (Fsp3) is 0.391. The minimum atomic E-state index is -0.316. The highest BCUT2D eigenvalue weighted by molar-refractivity contribution is 5.85. The number of benzene rings is 2. The van der Waals surface area contributed by atoms with E-state index in [2.05, 4.69) is 41.8 Å². The molecule has 0 saturated carbocycles.